The van der Waals surface area contributed by atoms with Crippen molar-refractivity contribution in [1.82, 2.24) is 4.98 Å². The molecular weight excluding hydrogens is 264 g/mol. The Balaban J connectivity index is 1.75. The van der Waals surface area contributed by atoms with E-state index in [1.54, 1.807) is 13.3 Å². The fraction of sp³-hybridized carbons (Fsp3) is 0.471. The number of methoxy groups -OCH3 is 1. The second-order valence-corrected chi connectivity index (χ2v) is 5.76. The molecule has 2 aromatic rings. The number of nitrogens with zero attached hydrogens (tertiary/aromatic N) is 1. The zero-order valence-electron chi connectivity index (χ0n) is 12.4. The standard InChI is InChI=1S/C17H22N2O2/c1-20-16-4-2-3-14-15(9-10-19-17(14)16)21-11-12-5-7-13(18)8-6-12/h2-4,9-10,12-13H,5-8,11,18H2,1H3. The summed E-state index contributed by atoms with van der Waals surface area (Å²) < 4.78 is 11.4. The van der Waals surface area contributed by atoms with Gasteiger partial charge in [-0.25, -0.2) is 0 Å². The first kappa shape index (κ1) is 14.1. The van der Waals surface area contributed by atoms with Crippen LogP contribution in [0.3, 0.4) is 0 Å². The average Bonchev–Trinajstić information content (AvgIpc) is 2.53. The molecule has 1 saturated carbocycles. The molecule has 21 heavy (non-hydrogen) atoms. The predicted octanol–water partition coefficient (Wildman–Crippen LogP) is 3.14. The molecule has 4 nitrogen and oxygen atoms in total. The Hall–Kier alpha value is -1.81. The molecule has 1 aromatic carbocycles. The first-order valence-corrected chi connectivity index (χ1v) is 7.58. The minimum Gasteiger partial charge on any atom is -0.494 e. The number of para-hydroxylation sites is 1. The van der Waals surface area contributed by atoms with Crippen LogP contribution < -0.4 is 15.2 Å². The predicted molar refractivity (Wildman–Crippen MR) is 83.7 cm³/mol. The van der Waals surface area contributed by atoms with E-state index < -0.39 is 0 Å². The van der Waals surface area contributed by atoms with Gasteiger partial charge in [0.15, 0.2) is 0 Å². The van der Waals surface area contributed by atoms with Crippen molar-refractivity contribution in [2.45, 2.75) is 31.7 Å². The summed E-state index contributed by atoms with van der Waals surface area (Å²) in [6, 6.07) is 8.22. The van der Waals surface area contributed by atoms with Crippen LogP contribution in [0.4, 0.5) is 0 Å². The zero-order valence-corrected chi connectivity index (χ0v) is 12.4. The molecule has 0 saturated heterocycles. The summed E-state index contributed by atoms with van der Waals surface area (Å²) in [5.41, 5.74) is 6.80. The maximum Gasteiger partial charge on any atom is 0.145 e. The van der Waals surface area contributed by atoms with Gasteiger partial charge in [0.05, 0.1) is 13.7 Å². The van der Waals surface area contributed by atoms with Crippen molar-refractivity contribution >= 4 is 10.9 Å². The lowest BCUT2D eigenvalue weighted by atomic mass is 9.87. The number of pyridine rings is 1. The molecule has 2 N–H and O–H groups in total. The van der Waals surface area contributed by atoms with E-state index >= 15 is 0 Å². The highest BCUT2D eigenvalue weighted by Gasteiger charge is 2.19. The highest BCUT2D eigenvalue weighted by Crippen LogP contribution is 2.31. The van der Waals surface area contributed by atoms with Crippen LogP contribution >= 0.6 is 0 Å². The molecule has 1 fully saturated rings. The Kier molecular flexibility index (Phi) is 4.25. The van der Waals surface area contributed by atoms with Crippen LogP contribution in [0, 0.1) is 5.92 Å². The molecule has 1 aromatic heterocycles. The Bertz CT molecular complexity index is 607. The number of ether oxygens (including phenoxy) is 2. The monoisotopic (exact) mass is 286 g/mol. The smallest absolute Gasteiger partial charge is 0.145 e. The van der Waals surface area contributed by atoms with E-state index in [4.69, 9.17) is 15.2 Å². The van der Waals surface area contributed by atoms with E-state index in [1.807, 2.05) is 24.3 Å². The normalized spacial score (nSPS) is 22.2. The van der Waals surface area contributed by atoms with Crippen molar-refractivity contribution in [3.8, 4) is 11.5 Å². The van der Waals surface area contributed by atoms with E-state index in [9.17, 15) is 0 Å². The molecule has 1 aliphatic rings. The van der Waals surface area contributed by atoms with Crippen molar-refractivity contribution in [2.75, 3.05) is 13.7 Å². The van der Waals surface area contributed by atoms with Crippen LogP contribution in [0.5, 0.6) is 11.5 Å². The third-order valence-electron chi connectivity index (χ3n) is 4.28. The molecule has 0 spiro atoms. The molecule has 112 valence electrons. The van der Waals surface area contributed by atoms with Gasteiger partial charge in [-0.3, -0.25) is 4.98 Å². The zero-order chi connectivity index (χ0) is 14.7. The lowest BCUT2D eigenvalue weighted by molar-refractivity contribution is 0.202. The Morgan fingerprint density at radius 2 is 1.95 bits per heavy atom. The summed E-state index contributed by atoms with van der Waals surface area (Å²) in [6.45, 7) is 0.753. The number of rotatable bonds is 4. The Morgan fingerprint density at radius 3 is 2.71 bits per heavy atom. The van der Waals surface area contributed by atoms with E-state index in [2.05, 4.69) is 4.98 Å². The molecule has 0 atom stereocenters. The fourth-order valence-corrected chi connectivity index (χ4v) is 2.98. The molecule has 0 aliphatic heterocycles. The summed E-state index contributed by atoms with van der Waals surface area (Å²) in [5.74, 6) is 2.27. The minimum atomic E-state index is 0.382. The first-order valence-electron chi connectivity index (χ1n) is 7.58. The topological polar surface area (TPSA) is 57.4 Å². The summed E-state index contributed by atoms with van der Waals surface area (Å²) in [5, 5.41) is 1.00. The largest absolute Gasteiger partial charge is 0.494 e. The number of hydrogen-bond acceptors (Lipinski definition) is 4. The minimum absolute atomic E-state index is 0.382. The van der Waals surface area contributed by atoms with Crippen molar-refractivity contribution in [3.63, 3.8) is 0 Å². The first-order chi connectivity index (χ1) is 10.3. The summed E-state index contributed by atoms with van der Waals surface area (Å²) >= 11 is 0. The van der Waals surface area contributed by atoms with Crippen LogP contribution in [-0.4, -0.2) is 24.7 Å². The van der Waals surface area contributed by atoms with Gasteiger partial charge in [0.1, 0.15) is 17.0 Å². The molecule has 1 heterocycles. The van der Waals surface area contributed by atoms with E-state index in [1.165, 1.54) is 0 Å². The second-order valence-electron chi connectivity index (χ2n) is 5.76. The number of nitrogens with two attached hydrogens (primary N) is 1. The third kappa shape index (κ3) is 3.10. The van der Waals surface area contributed by atoms with Gasteiger partial charge < -0.3 is 15.2 Å². The van der Waals surface area contributed by atoms with Gasteiger partial charge in [-0.1, -0.05) is 6.07 Å². The Morgan fingerprint density at radius 1 is 1.14 bits per heavy atom. The van der Waals surface area contributed by atoms with Gasteiger partial charge in [-0.2, -0.15) is 0 Å². The quantitative estimate of drug-likeness (QED) is 0.938. The van der Waals surface area contributed by atoms with Crippen molar-refractivity contribution in [3.05, 3.63) is 30.5 Å². The van der Waals surface area contributed by atoms with Crippen molar-refractivity contribution in [2.24, 2.45) is 11.7 Å². The molecule has 3 rings (SSSR count). The van der Waals surface area contributed by atoms with Gasteiger partial charge in [-0.15, -0.1) is 0 Å². The molecule has 0 unspecified atom stereocenters. The molecule has 0 amide bonds. The number of aromatic nitrogens is 1. The van der Waals surface area contributed by atoms with Crippen LogP contribution in [0.1, 0.15) is 25.7 Å². The molecule has 0 bridgehead atoms. The van der Waals surface area contributed by atoms with Crippen LogP contribution in [0.2, 0.25) is 0 Å². The van der Waals surface area contributed by atoms with E-state index in [0.717, 1.165) is 54.7 Å². The van der Waals surface area contributed by atoms with E-state index in [0.29, 0.717) is 12.0 Å². The van der Waals surface area contributed by atoms with Crippen LogP contribution in [0.15, 0.2) is 30.5 Å². The lowest BCUT2D eigenvalue weighted by Crippen LogP contribution is -2.28. The third-order valence-corrected chi connectivity index (χ3v) is 4.28. The number of fused-ring (bicyclic) bond motifs is 1. The van der Waals surface area contributed by atoms with Crippen LogP contribution in [0.25, 0.3) is 10.9 Å². The summed E-state index contributed by atoms with van der Waals surface area (Å²) in [7, 11) is 1.66. The van der Waals surface area contributed by atoms with Gasteiger partial charge in [0.2, 0.25) is 0 Å². The summed E-state index contributed by atoms with van der Waals surface area (Å²) in [4.78, 5) is 4.40. The molecule has 1 aliphatic carbocycles. The van der Waals surface area contributed by atoms with Crippen LogP contribution in [-0.2, 0) is 0 Å². The maximum atomic E-state index is 6.06. The Labute approximate surface area is 125 Å². The van der Waals surface area contributed by atoms with Gasteiger partial charge in [0.25, 0.3) is 0 Å². The highest BCUT2D eigenvalue weighted by molar-refractivity contribution is 5.89. The molecule has 4 heteroatoms. The number of benzene rings is 1. The fourth-order valence-electron chi connectivity index (χ4n) is 2.98. The highest BCUT2D eigenvalue weighted by atomic mass is 16.5. The maximum absolute atomic E-state index is 6.06. The number of hydrogen-bond donors (Lipinski definition) is 1. The molecule has 0 radical (unpaired) electrons. The van der Waals surface area contributed by atoms with Crippen molar-refractivity contribution < 1.29 is 9.47 Å². The average molecular weight is 286 g/mol. The van der Waals surface area contributed by atoms with Gasteiger partial charge in [-0.05, 0) is 49.8 Å². The van der Waals surface area contributed by atoms with Gasteiger partial charge >= 0.3 is 0 Å². The molecular formula is C17H22N2O2. The summed E-state index contributed by atoms with van der Waals surface area (Å²) in [6.07, 6.45) is 6.32. The van der Waals surface area contributed by atoms with E-state index in [-0.39, 0.29) is 0 Å². The second kappa shape index (κ2) is 6.31. The van der Waals surface area contributed by atoms with Crippen molar-refractivity contribution in [1.29, 1.82) is 0 Å². The lowest BCUT2D eigenvalue weighted by Gasteiger charge is -2.26. The SMILES string of the molecule is COc1cccc2c(OCC3CCC(N)CC3)ccnc12. The van der Waals surface area contributed by atoms with Gasteiger partial charge in [0, 0.05) is 17.6 Å².